The Balaban J connectivity index is 1.30. The van der Waals surface area contributed by atoms with E-state index in [1.807, 2.05) is 12.1 Å². The molecule has 9 atom stereocenters. The molecule has 6 rings (SSSR count). The van der Waals surface area contributed by atoms with Gasteiger partial charge >= 0.3 is 5.97 Å². The lowest BCUT2D eigenvalue weighted by atomic mass is 9.33. The number of ether oxygens (including phenoxy) is 1. The zero-order valence-electron chi connectivity index (χ0n) is 30.5. The second-order valence-electron chi connectivity index (χ2n) is 17.9. The number of nitrogens with one attached hydrogen (secondary N) is 1. The second-order valence-corrected chi connectivity index (χ2v) is 20.1. The van der Waals surface area contributed by atoms with Gasteiger partial charge in [-0.15, -0.1) is 0 Å². The molecule has 4 saturated carbocycles. The predicted molar refractivity (Wildman–Crippen MR) is 193 cm³/mol. The molecule has 0 amide bonds. The van der Waals surface area contributed by atoms with Gasteiger partial charge in [-0.05, 0) is 152 Å². The first-order valence-corrected chi connectivity index (χ1v) is 20.5. The number of hydrogen-bond donors (Lipinski definition) is 1. The molecule has 0 saturated heterocycles. The number of carbonyl (C=O) groups is 1. The smallest absolute Gasteiger partial charge is 0.337 e. The summed E-state index contributed by atoms with van der Waals surface area (Å²) in [4.78, 5) is 12.1. The molecule has 1 aromatic carbocycles. The highest BCUT2D eigenvalue weighted by Crippen LogP contribution is 2.76. The van der Waals surface area contributed by atoms with Gasteiger partial charge in [0, 0.05) is 11.8 Å². The van der Waals surface area contributed by atoms with Crippen LogP contribution in [0, 0.1) is 51.2 Å². The van der Waals surface area contributed by atoms with Gasteiger partial charge in [0.25, 0.3) is 0 Å². The van der Waals surface area contributed by atoms with E-state index in [0.29, 0.717) is 41.6 Å². The van der Waals surface area contributed by atoms with Gasteiger partial charge in [0.15, 0.2) is 0 Å². The third-order valence-electron chi connectivity index (χ3n) is 15.4. The maximum atomic E-state index is 12.1. The summed E-state index contributed by atoms with van der Waals surface area (Å²) < 4.78 is 28.7. The predicted octanol–water partition coefficient (Wildman–Crippen LogP) is 8.90. The van der Waals surface area contributed by atoms with Gasteiger partial charge in [0.05, 0.1) is 18.4 Å². The molecule has 5 aliphatic carbocycles. The van der Waals surface area contributed by atoms with Gasteiger partial charge in [-0.2, -0.15) is 0 Å². The van der Waals surface area contributed by atoms with Gasteiger partial charge in [-0.3, -0.25) is 0 Å². The van der Waals surface area contributed by atoms with Crippen LogP contribution in [-0.4, -0.2) is 45.6 Å². The highest BCUT2D eigenvalue weighted by molar-refractivity contribution is 7.90. The Bertz CT molecular complexity index is 1540. The van der Waals surface area contributed by atoms with Crippen LogP contribution < -0.4 is 5.32 Å². The van der Waals surface area contributed by atoms with Crippen LogP contribution in [0.3, 0.4) is 0 Å². The molecule has 0 radical (unpaired) electrons. The lowest BCUT2D eigenvalue weighted by Crippen LogP contribution is -2.68. The number of benzene rings is 1. The van der Waals surface area contributed by atoms with Crippen LogP contribution >= 0.6 is 0 Å². The van der Waals surface area contributed by atoms with E-state index in [1.54, 1.807) is 0 Å². The molecular weight excluding hydrogens is 603 g/mol. The van der Waals surface area contributed by atoms with Crippen molar-refractivity contribution in [3.05, 3.63) is 53.6 Å². The maximum absolute atomic E-state index is 12.1. The molecular formula is C41H61NO4S. The summed E-state index contributed by atoms with van der Waals surface area (Å²) in [6.45, 7) is 20.6. The molecule has 0 spiro atoms. The topological polar surface area (TPSA) is 72.5 Å². The van der Waals surface area contributed by atoms with E-state index in [0.717, 1.165) is 13.0 Å². The van der Waals surface area contributed by atoms with Crippen LogP contribution in [0.25, 0.3) is 5.57 Å². The summed E-state index contributed by atoms with van der Waals surface area (Å²) in [5.41, 5.74) is 5.52. The monoisotopic (exact) mass is 663 g/mol. The zero-order chi connectivity index (χ0) is 34.2. The summed E-state index contributed by atoms with van der Waals surface area (Å²) in [5.74, 6) is 3.01. The first-order valence-electron chi connectivity index (χ1n) is 18.4. The number of allylic oxidation sites excluding steroid dienone is 3. The normalized spacial score (nSPS) is 40.7. The quantitative estimate of drug-likeness (QED) is 0.171. The Morgan fingerprint density at radius 3 is 2.28 bits per heavy atom. The number of methoxy groups -OCH3 is 1. The van der Waals surface area contributed by atoms with Crippen LogP contribution in [0.5, 0.6) is 0 Å². The number of esters is 1. The molecule has 0 unspecified atom stereocenters. The molecule has 0 aliphatic heterocycles. The Hall–Kier alpha value is -1.92. The molecule has 4 fully saturated rings. The van der Waals surface area contributed by atoms with E-state index in [1.165, 1.54) is 81.4 Å². The Labute approximate surface area is 285 Å². The third-order valence-corrected chi connectivity index (χ3v) is 16.5. The van der Waals surface area contributed by atoms with Crippen molar-refractivity contribution in [1.29, 1.82) is 0 Å². The number of hydrogen-bond acceptors (Lipinski definition) is 5. The van der Waals surface area contributed by atoms with Crippen molar-refractivity contribution in [1.82, 2.24) is 5.32 Å². The number of rotatable bonds is 8. The highest BCUT2D eigenvalue weighted by atomic mass is 32.2. The SMILES string of the molecule is C=C(C)[C@@H]1CC[C@]2(NCCCS(C)(=O)=O)CC[C@]3(C)[C@H](CC[C@@H]4[C@@]5(C)CC=C(c6ccc(C(=O)OC)cc6)C(C)(C)[C@@H]5CC[C@]43C)[C@@H]12. The zero-order valence-corrected chi connectivity index (χ0v) is 31.3. The molecule has 1 aromatic rings. The highest BCUT2D eigenvalue weighted by Gasteiger charge is 2.70. The summed E-state index contributed by atoms with van der Waals surface area (Å²) in [6.07, 6.45) is 15.6. The summed E-state index contributed by atoms with van der Waals surface area (Å²) in [6, 6.07) is 8.06. The largest absolute Gasteiger partial charge is 0.465 e. The molecule has 0 aromatic heterocycles. The van der Waals surface area contributed by atoms with E-state index in [9.17, 15) is 13.2 Å². The van der Waals surface area contributed by atoms with Crippen LogP contribution in [0.2, 0.25) is 0 Å². The summed E-state index contributed by atoms with van der Waals surface area (Å²) in [5, 5.41) is 4.05. The molecule has 0 bridgehead atoms. The molecule has 5 aliphatic rings. The standard InChI is InChI=1S/C41H61NO4S/c1-27(2)30-17-22-41(42-25-10-26-47(9,44)45)24-23-39(6)32(35(30)41)15-16-34-38(5)20-18-31(28-11-13-29(14-12-28)36(43)46-8)37(3,4)33(38)19-21-40(34,39)7/h11-14,18,30,32-35,42H,1,10,15-17,19-26H2,2-9H3/t30-,32+,33-,34+,35+,38-,39+,40+,41-/m0/s1. The van der Waals surface area contributed by atoms with E-state index in [4.69, 9.17) is 4.74 Å². The summed E-state index contributed by atoms with van der Waals surface area (Å²) >= 11 is 0. The minimum Gasteiger partial charge on any atom is -0.465 e. The average molecular weight is 664 g/mol. The fraction of sp³-hybridized carbons (Fsp3) is 0.732. The van der Waals surface area contributed by atoms with Gasteiger partial charge < -0.3 is 10.1 Å². The molecule has 1 N–H and O–H groups in total. The number of sulfone groups is 1. The van der Waals surface area contributed by atoms with Crippen molar-refractivity contribution in [3.8, 4) is 0 Å². The Kier molecular flexibility index (Phi) is 8.81. The number of carbonyl (C=O) groups excluding carboxylic acids is 1. The van der Waals surface area contributed by atoms with E-state index in [2.05, 4.69) is 71.6 Å². The molecule has 5 nitrogen and oxygen atoms in total. The molecule has 260 valence electrons. The van der Waals surface area contributed by atoms with Gasteiger partial charge in [-0.1, -0.05) is 65.0 Å². The van der Waals surface area contributed by atoms with Crippen LogP contribution in [-0.2, 0) is 14.6 Å². The lowest BCUT2D eigenvalue weighted by molar-refractivity contribution is -0.219. The van der Waals surface area contributed by atoms with Crippen molar-refractivity contribution in [2.75, 3.05) is 25.7 Å². The molecule has 6 heteroatoms. The van der Waals surface area contributed by atoms with Gasteiger partial charge in [-0.25, -0.2) is 13.2 Å². The van der Waals surface area contributed by atoms with Crippen molar-refractivity contribution >= 4 is 21.4 Å². The van der Waals surface area contributed by atoms with Crippen molar-refractivity contribution in [3.63, 3.8) is 0 Å². The van der Waals surface area contributed by atoms with Crippen LogP contribution in [0.1, 0.15) is 122 Å². The van der Waals surface area contributed by atoms with Crippen LogP contribution in [0.4, 0.5) is 0 Å². The maximum Gasteiger partial charge on any atom is 0.337 e. The molecule has 0 heterocycles. The first-order chi connectivity index (χ1) is 21.9. The van der Waals surface area contributed by atoms with Crippen molar-refractivity contribution in [2.24, 2.45) is 51.2 Å². The Morgan fingerprint density at radius 1 is 0.936 bits per heavy atom. The number of fused-ring (bicyclic) bond motifs is 7. The lowest BCUT2D eigenvalue weighted by Gasteiger charge is -2.72. The average Bonchev–Trinajstić information content (AvgIpc) is 3.39. The summed E-state index contributed by atoms with van der Waals surface area (Å²) in [7, 11) is -1.51. The van der Waals surface area contributed by atoms with Gasteiger partial charge in [0.1, 0.15) is 9.84 Å². The molecule has 47 heavy (non-hydrogen) atoms. The second kappa shape index (κ2) is 11.9. The Morgan fingerprint density at radius 2 is 1.64 bits per heavy atom. The van der Waals surface area contributed by atoms with E-state index < -0.39 is 9.84 Å². The van der Waals surface area contributed by atoms with Crippen LogP contribution in [0.15, 0.2) is 42.5 Å². The third kappa shape index (κ3) is 5.41. The minimum atomic E-state index is -2.95. The van der Waals surface area contributed by atoms with Crippen molar-refractivity contribution in [2.45, 2.75) is 111 Å². The minimum absolute atomic E-state index is 0.0347. The van der Waals surface area contributed by atoms with Gasteiger partial charge in [0.2, 0.25) is 0 Å². The fourth-order valence-electron chi connectivity index (χ4n) is 13.1. The van der Waals surface area contributed by atoms with E-state index in [-0.39, 0.29) is 38.9 Å². The van der Waals surface area contributed by atoms with Crippen molar-refractivity contribution < 1.29 is 17.9 Å². The fourth-order valence-corrected chi connectivity index (χ4v) is 13.8. The van der Waals surface area contributed by atoms with E-state index >= 15 is 0 Å². The first kappa shape index (κ1) is 34.9.